The van der Waals surface area contributed by atoms with Crippen molar-refractivity contribution in [2.24, 2.45) is 0 Å². The van der Waals surface area contributed by atoms with Gasteiger partial charge in [0.2, 0.25) is 5.91 Å². The fourth-order valence-electron chi connectivity index (χ4n) is 5.27. The van der Waals surface area contributed by atoms with E-state index in [-0.39, 0.29) is 23.9 Å². The summed E-state index contributed by atoms with van der Waals surface area (Å²) in [5.41, 5.74) is 4.12. The minimum absolute atomic E-state index is 0.165. The Labute approximate surface area is 247 Å². The third-order valence-electron chi connectivity index (χ3n) is 7.26. The third-order valence-corrected chi connectivity index (χ3v) is 8.60. The molecule has 2 amide bonds. The zero-order valence-electron chi connectivity index (χ0n) is 22.9. The lowest BCUT2D eigenvalue weighted by Gasteiger charge is -2.49. The van der Waals surface area contributed by atoms with Gasteiger partial charge < -0.3 is 14.6 Å². The zero-order chi connectivity index (χ0) is 29.1. The largest absolute Gasteiger partial charge is 0.448 e. The molecule has 0 saturated carbocycles. The number of esters is 1. The molecule has 3 aromatic carbocycles. The Kier molecular flexibility index (Phi) is 7.92. The van der Waals surface area contributed by atoms with Gasteiger partial charge in [-0.15, -0.1) is 11.8 Å². The number of hydrogen-bond acceptors (Lipinski definition) is 7. The molecule has 9 heteroatoms. The number of rotatable bonds is 9. The van der Waals surface area contributed by atoms with Gasteiger partial charge in [0.1, 0.15) is 22.9 Å². The van der Waals surface area contributed by atoms with E-state index in [1.54, 1.807) is 0 Å². The highest BCUT2D eigenvalue weighted by Crippen LogP contribution is 2.42. The maximum atomic E-state index is 14.0. The van der Waals surface area contributed by atoms with Gasteiger partial charge in [-0.05, 0) is 29.2 Å². The van der Waals surface area contributed by atoms with Gasteiger partial charge in [-0.2, -0.15) is 0 Å². The van der Waals surface area contributed by atoms with Gasteiger partial charge in [-0.1, -0.05) is 96.2 Å². The number of ether oxygens (including phenoxy) is 1. The first-order valence-corrected chi connectivity index (χ1v) is 14.8. The molecule has 2 atom stereocenters. The van der Waals surface area contributed by atoms with Crippen molar-refractivity contribution in [3.63, 3.8) is 0 Å². The molecule has 6 rings (SSSR count). The molecule has 2 aliphatic heterocycles. The maximum Gasteiger partial charge on any atom is 0.356 e. The molecule has 1 N–H and O–H groups in total. The highest BCUT2D eigenvalue weighted by Gasteiger charge is 2.54. The van der Waals surface area contributed by atoms with Crippen LogP contribution in [0.1, 0.15) is 34.2 Å². The van der Waals surface area contributed by atoms with E-state index >= 15 is 0 Å². The normalized spacial score (nSPS) is 18.0. The lowest BCUT2D eigenvalue weighted by molar-refractivity contribution is -0.154. The first-order valence-electron chi connectivity index (χ1n) is 13.7. The number of carbonyl (C=O) groups is 3. The standard InChI is InChI=1S/C33H29N3O5S/c1-21-17-26(41-35-21)19-25-20-42-32-28(34-27(37)18-22-11-5-2-6-12-22)31(38)36(32)29(25)33(39)40-30(23-13-7-3-8-14-23)24-15-9-4-10-16-24/h2-17,28,30,32H,18-20H2,1H3,(H,34,37). The maximum absolute atomic E-state index is 14.0. The fraction of sp³-hybridized carbons (Fsp3) is 0.212. The van der Waals surface area contributed by atoms with Crippen molar-refractivity contribution in [2.45, 2.75) is 37.3 Å². The van der Waals surface area contributed by atoms with Crippen LogP contribution >= 0.6 is 11.8 Å². The van der Waals surface area contributed by atoms with Crippen LogP contribution in [0.4, 0.5) is 0 Å². The monoisotopic (exact) mass is 579 g/mol. The van der Waals surface area contributed by atoms with Crippen molar-refractivity contribution >= 4 is 29.5 Å². The van der Waals surface area contributed by atoms with Crippen molar-refractivity contribution in [3.05, 3.63) is 136 Å². The summed E-state index contributed by atoms with van der Waals surface area (Å²) in [6.45, 7) is 1.83. The third kappa shape index (κ3) is 5.73. The van der Waals surface area contributed by atoms with Crippen LogP contribution in [0.2, 0.25) is 0 Å². The summed E-state index contributed by atoms with van der Waals surface area (Å²) >= 11 is 1.50. The number of amides is 2. The van der Waals surface area contributed by atoms with E-state index in [0.717, 1.165) is 22.4 Å². The summed E-state index contributed by atoms with van der Waals surface area (Å²) in [4.78, 5) is 41.9. The first kappa shape index (κ1) is 27.5. The van der Waals surface area contributed by atoms with Gasteiger partial charge in [0.05, 0.1) is 12.1 Å². The molecule has 1 saturated heterocycles. The van der Waals surface area contributed by atoms with E-state index in [0.29, 0.717) is 23.5 Å². The highest BCUT2D eigenvalue weighted by molar-refractivity contribution is 8.00. The summed E-state index contributed by atoms with van der Waals surface area (Å²) in [7, 11) is 0. The van der Waals surface area contributed by atoms with Crippen molar-refractivity contribution in [2.75, 3.05) is 5.75 Å². The number of aromatic nitrogens is 1. The minimum atomic E-state index is -0.734. The van der Waals surface area contributed by atoms with Crippen LogP contribution in [0.15, 0.2) is 113 Å². The topological polar surface area (TPSA) is 102 Å². The molecular weight excluding hydrogens is 550 g/mol. The SMILES string of the molecule is Cc1cc(CC2=C(C(=O)OC(c3ccccc3)c3ccccc3)N3C(=O)C(NC(=O)Cc4ccccc4)C3SC2)on1. The molecule has 1 aromatic heterocycles. The number of hydrogen-bond donors (Lipinski definition) is 1. The molecule has 2 unspecified atom stereocenters. The van der Waals surface area contributed by atoms with E-state index in [2.05, 4.69) is 10.5 Å². The van der Waals surface area contributed by atoms with E-state index in [9.17, 15) is 14.4 Å². The summed E-state index contributed by atoms with van der Waals surface area (Å²) in [5, 5.41) is 6.43. The van der Waals surface area contributed by atoms with Gasteiger partial charge in [0, 0.05) is 18.2 Å². The molecule has 0 aliphatic carbocycles. The van der Waals surface area contributed by atoms with Gasteiger partial charge in [0.15, 0.2) is 6.10 Å². The van der Waals surface area contributed by atoms with Crippen molar-refractivity contribution in [1.29, 1.82) is 0 Å². The van der Waals surface area contributed by atoms with Crippen LogP contribution in [0.5, 0.6) is 0 Å². The molecule has 4 aromatic rings. The summed E-state index contributed by atoms with van der Waals surface area (Å²) in [5.74, 6) is -0.140. The molecule has 0 radical (unpaired) electrons. The van der Waals surface area contributed by atoms with Crippen LogP contribution in [0.25, 0.3) is 0 Å². The predicted octanol–water partition coefficient (Wildman–Crippen LogP) is 4.76. The van der Waals surface area contributed by atoms with Crippen molar-refractivity contribution in [1.82, 2.24) is 15.4 Å². The fourth-order valence-corrected chi connectivity index (χ4v) is 6.62. The smallest absolute Gasteiger partial charge is 0.356 e. The number of thioether (sulfide) groups is 1. The average Bonchev–Trinajstić information content (AvgIpc) is 3.43. The van der Waals surface area contributed by atoms with Crippen LogP contribution in [0.3, 0.4) is 0 Å². The second kappa shape index (κ2) is 12.1. The molecule has 1 fully saturated rings. The predicted molar refractivity (Wildman–Crippen MR) is 158 cm³/mol. The molecule has 212 valence electrons. The number of carbonyl (C=O) groups excluding carboxylic acids is 3. The Morgan fingerprint density at radius 2 is 1.62 bits per heavy atom. The summed E-state index contributed by atoms with van der Waals surface area (Å²) in [6, 6.07) is 29.5. The van der Waals surface area contributed by atoms with Crippen molar-refractivity contribution < 1.29 is 23.6 Å². The van der Waals surface area contributed by atoms with E-state index < -0.39 is 23.5 Å². The number of aryl methyl sites for hydroxylation is 1. The van der Waals surface area contributed by atoms with Gasteiger partial charge in [0.25, 0.3) is 5.91 Å². The number of benzene rings is 3. The molecule has 8 nitrogen and oxygen atoms in total. The number of β-lactam (4-membered cyclic amide) rings is 1. The van der Waals surface area contributed by atoms with Gasteiger partial charge >= 0.3 is 5.97 Å². The first-order chi connectivity index (χ1) is 20.5. The van der Waals surface area contributed by atoms with E-state index in [1.807, 2.05) is 104 Å². The molecule has 42 heavy (non-hydrogen) atoms. The van der Waals surface area contributed by atoms with E-state index in [1.165, 1.54) is 16.7 Å². The Hall–Kier alpha value is -4.63. The van der Waals surface area contributed by atoms with Crippen LogP contribution < -0.4 is 5.32 Å². The van der Waals surface area contributed by atoms with Crippen LogP contribution in [-0.4, -0.2) is 45.0 Å². The second-order valence-corrected chi connectivity index (χ2v) is 11.4. The Morgan fingerprint density at radius 3 is 2.21 bits per heavy atom. The minimum Gasteiger partial charge on any atom is -0.448 e. The Morgan fingerprint density at radius 1 is 1.00 bits per heavy atom. The average molecular weight is 580 g/mol. The lowest BCUT2D eigenvalue weighted by Crippen LogP contribution is -2.70. The lowest BCUT2D eigenvalue weighted by atomic mass is 9.99. The number of nitrogens with one attached hydrogen (secondary N) is 1. The highest BCUT2D eigenvalue weighted by atomic mass is 32.2. The van der Waals surface area contributed by atoms with Crippen LogP contribution in [0, 0.1) is 6.92 Å². The molecular formula is C33H29N3O5S. The van der Waals surface area contributed by atoms with Gasteiger partial charge in [-0.25, -0.2) is 4.79 Å². The van der Waals surface area contributed by atoms with Gasteiger partial charge in [-0.3, -0.25) is 14.5 Å². The zero-order valence-corrected chi connectivity index (χ0v) is 23.8. The molecule has 0 spiro atoms. The molecule has 0 bridgehead atoms. The Bertz CT molecular complexity index is 1580. The molecule has 3 heterocycles. The molecule has 2 aliphatic rings. The summed E-state index contributed by atoms with van der Waals surface area (Å²) in [6.07, 6.45) is -0.202. The number of fused-ring (bicyclic) bond motifs is 1. The van der Waals surface area contributed by atoms with E-state index in [4.69, 9.17) is 9.26 Å². The van der Waals surface area contributed by atoms with Crippen LogP contribution in [-0.2, 0) is 32.0 Å². The Balaban J connectivity index is 1.28. The number of nitrogens with zero attached hydrogens (tertiary/aromatic N) is 2. The quantitative estimate of drug-likeness (QED) is 0.226. The second-order valence-electron chi connectivity index (χ2n) is 10.3. The van der Waals surface area contributed by atoms with Crippen molar-refractivity contribution in [3.8, 4) is 0 Å². The summed E-state index contributed by atoms with van der Waals surface area (Å²) < 4.78 is 11.6.